The van der Waals surface area contributed by atoms with E-state index in [0.717, 1.165) is 23.4 Å². The van der Waals surface area contributed by atoms with E-state index in [1.54, 1.807) is 0 Å². The molecule has 1 heterocycles. The van der Waals surface area contributed by atoms with Gasteiger partial charge < -0.3 is 10.6 Å². The number of aromatic amines is 1. The molecule has 0 aliphatic carbocycles. The standard InChI is InChI=1S/C16H22N4O/c1-12-15(13(2)19-18-12)16(21)20(10-6-9-17)11-14-7-4-3-5-8-14/h3-5,7-8H,6,9-11,17H2,1-2H3,(H,18,19). The summed E-state index contributed by atoms with van der Waals surface area (Å²) >= 11 is 0. The lowest BCUT2D eigenvalue weighted by atomic mass is 10.1. The van der Waals surface area contributed by atoms with E-state index < -0.39 is 0 Å². The second-order valence-corrected chi connectivity index (χ2v) is 5.16. The summed E-state index contributed by atoms with van der Waals surface area (Å²) in [5.41, 5.74) is 8.92. The molecule has 0 fully saturated rings. The molecule has 112 valence electrons. The van der Waals surface area contributed by atoms with Crippen molar-refractivity contribution in [2.24, 2.45) is 5.73 Å². The van der Waals surface area contributed by atoms with Crippen LogP contribution in [0.2, 0.25) is 0 Å². The van der Waals surface area contributed by atoms with Gasteiger partial charge in [-0.1, -0.05) is 30.3 Å². The molecule has 2 aromatic rings. The van der Waals surface area contributed by atoms with Crippen molar-refractivity contribution in [1.82, 2.24) is 15.1 Å². The van der Waals surface area contributed by atoms with Crippen LogP contribution in [0.3, 0.4) is 0 Å². The van der Waals surface area contributed by atoms with Crippen molar-refractivity contribution in [3.63, 3.8) is 0 Å². The van der Waals surface area contributed by atoms with Gasteiger partial charge in [0.1, 0.15) is 0 Å². The van der Waals surface area contributed by atoms with Gasteiger partial charge in [0.25, 0.3) is 5.91 Å². The van der Waals surface area contributed by atoms with Crippen LogP contribution >= 0.6 is 0 Å². The largest absolute Gasteiger partial charge is 0.334 e. The second kappa shape index (κ2) is 7.04. The van der Waals surface area contributed by atoms with Gasteiger partial charge in [0.15, 0.2) is 0 Å². The minimum atomic E-state index is 0.0102. The minimum absolute atomic E-state index is 0.0102. The predicted molar refractivity (Wildman–Crippen MR) is 82.9 cm³/mol. The van der Waals surface area contributed by atoms with Crippen molar-refractivity contribution >= 4 is 5.91 Å². The minimum Gasteiger partial charge on any atom is -0.334 e. The summed E-state index contributed by atoms with van der Waals surface area (Å²) < 4.78 is 0. The highest BCUT2D eigenvalue weighted by Crippen LogP contribution is 2.15. The molecular weight excluding hydrogens is 264 g/mol. The Morgan fingerprint density at radius 2 is 2.00 bits per heavy atom. The maximum absolute atomic E-state index is 12.8. The zero-order valence-corrected chi connectivity index (χ0v) is 12.6. The molecule has 0 radical (unpaired) electrons. The highest BCUT2D eigenvalue weighted by Gasteiger charge is 2.21. The van der Waals surface area contributed by atoms with Crippen LogP contribution in [0.4, 0.5) is 0 Å². The second-order valence-electron chi connectivity index (χ2n) is 5.16. The smallest absolute Gasteiger partial charge is 0.257 e. The third-order valence-corrected chi connectivity index (χ3v) is 3.48. The van der Waals surface area contributed by atoms with Crippen LogP contribution in [0.25, 0.3) is 0 Å². The number of amides is 1. The third-order valence-electron chi connectivity index (χ3n) is 3.48. The fourth-order valence-electron chi connectivity index (χ4n) is 2.36. The molecule has 5 heteroatoms. The Labute approximate surface area is 125 Å². The molecule has 0 spiro atoms. The third kappa shape index (κ3) is 3.70. The molecule has 3 N–H and O–H groups in total. The van der Waals surface area contributed by atoms with Gasteiger partial charge in [0.2, 0.25) is 0 Å². The van der Waals surface area contributed by atoms with E-state index in [1.165, 1.54) is 0 Å². The van der Waals surface area contributed by atoms with Crippen molar-refractivity contribution in [3.05, 3.63) is 52.8 Å². The molecule has 1 aromatic carbocycles. The Balaban J connectivity index is 2.21. The number of nitrogens with two attached hydrogens (primary N) is 1. The number of nitrogens with one attached hydrogen (secondary N) is 1. The first-order chi connectivity index (χ1) is 10.1. The molecule has 0 unspecified atom stereocenters. The molecule has 0 atom stereocenters. The molecule has 0 aliphatic heterocycles. The maximum Gasteiger partial charge on any atom is 0.257 e. The number of carbonyl (C=O) groups is 1. The molecule has 0 saturated heterocycles. The van der Waals surface area contributed by atoms with Gasteiger partial charge in [-0.3, -0.25) is 9.89 Å². The van der Waals surface area contributed by atoms with Crippen molar-refractivity contribution in [1.29, 1.82) is 0 Å². The summed E-state index contributed by atoms with van der Waals surface area (Å²) in [7, 11) is 0. The summed E-state index contributed by atoms with van der Waals surface area (Å²) in [5, 5.41) is 6.98. The lowest BCUT2D eigenvalue weighted by Crippen LogP contribution is -2.33. The lowest BCUT2D eigenvalue weighted by Gasteiger charge is -2.23. The van der Waals surface area contributed by atoms with Crippen LogP contribution in [0.5, 0.6) is 0 Å². The fraction of sp³-hybridized carbons (Fsp3) is 0.375. The van der Waals surface area contributed by atoms with E-state index >= 15 is 0 Å². The quantitative estimate of drug-likeness (QED) is 0.853. The van der Waals surface area contributed by atoms with E-state index in [9.17, 15) is 4.79 Å². The number of nitrogens with zero attached hydrogens (tertiary/aromatic N) is 2. The van der Waals surface area contributed by atoms with Gasteiger partial charge >= 0.3 is 0 Å². The summed E-state index contributed by atoms with van der Waals surface area (Å²) in [6.07, 6.45) is 0.786. The SMILES string of the molecule is Cc1n[nH]c(C)c1C(=O)N(CCCN)Cc1ccccc1. The van der Waals surface area contributed by atoms with Crippen molar-refractivity contribution < 1.29 is 4.79 Å². The highest BCUT2D eigenvalue weighted by molar-refractivity contribution is 5.96. The van der Waals surface area contributed by atoms with Gasteiger partial charge in [0, 0.05) is 18.8 Å². The van der Waals surface area contributed by atoms with Gasteiger partial charge in [-0.25, -0.2) is 0 Å². The topological polar surface area (TPSA) is 75.0 Å². The average molecular weight is 286 g/mol. The molecule has 2 rings (SSSR count). The summed E-state index contributed by atoms with van der Waals surface area (Å²) in [6, 6.07) is 9.99. The highest BCUT2D eigenvalue weighted by atomic mass is 16.2. The Morgan fingerprint density at radius 3 is 2.57 bits per heavy atom. The Bertz CT molecular complexity index is 572. The number of benzene rings is 1. The Morgan fingerprint density at radius 1 is 1.29 bits per heavy atom. The Kier molecular flexibility index (Phi) is 5.11. The predicted octanol–water partition coefficient (Wildman–Crippen LogP) is 2.02. The van der Waals surface area contributed by atoms with Gasteiger partial charge in [0.05, 0.1) is 11.3 Å². The number of aryl methyl sites for hydroxylation is 2. The zero-order valence-electron chi connectivity index (χ0n) is 12.6. The van der Waals surface area contributed by atoms with Crippen molar-refractivity contribution in [3.8, 4) is 0 Å². The zero-order chi connectivity index (χ0) is 15.2. The molecular formula is C16H22N4O. The number of hydrogen-bond acceptors (Lipinski definition) is 3. The monoisotopic (exact) mass is 286 g/mol. The van der Waals surface area contributed by atoms with E-state index in [4.69, 9.17) is 5.73 Å². The fourth-order valence-corrected chi connectivity index (χ4v) is 2.36. The molecule has 21 heavy (non-hydrogen) atoms. The number of carbonyl (C=O) groups excluding carboxylic acids is 1. The first kappa shape index (κ1) is 15.3. The summed E-state index contributed by atoms with van der Waals surface area (Å²) in [5.74, 6) is 0.0102. The van der Waals surface area contributed by atoms with E-state index in [2.05, 4.69) is 10.2 Å². The summed E-state index contributed by atoms with van der Waals surface area (Å²) in [6.45, 7) is 5.52. The van der Waals surface area contributed by atoms with Crippen molar-refractivity contribution in [2.45, 2.75) is 26.8 Å². The van der Waals surface area contributed by atoms with Crippen LogP contribution in [-0.2, 0) is 6.54 Å². The van der Waals surface area contributed by atoms with Gasteiger partial charge in [-0.05, 0) is 32.4 Å². The van der Waals surface area contributed by atoms with Crippen LogP contribution in [0.1, 0.15) is 33.7 Å². The molecule has 0 aliphatic rings. The Hall–Kier alpha value is -2.14. The molecule has 0 bridgehead atoms. The maximum atomic E-state index is 12.8. The van der Waals surface area contributed by atoms with Crippen LogP contribution in [0, 0.1) is 13.8 Å². The van der Waals surface area contributed by atoms with Crippen molar-refractivity contribution in [2.75, 3.05) is 13.1 Å². The molecule has 5 nitrogen and oxygen atoms in total. The first-order valence-electron chi connectivity index (χ1n) is 7.18. The number of hydrogen-bond donors (Lipinski definition) is 2. The van der Waals surface area contributed by atoms with E-state index in [-0.39, 0.29) is 5.91 Å². The molecule has 1 amide bonds. The van der Waals surface area contributed by atoms with E-state index in [0.29, 0.717) is 25.2 Å². The summed E-state index contributed by atoms with van der Waals surface area (Å²) in [4.78, 5) is 14.6. The van der Waals surface area contributed by atoms with Crippen LogP contribution in [0.15, 0.2) is 30.3 Å². The van der Waals surface area contributed by atoms with Gasteiger partial charge in [-0.2, -0.15) is 5.10 Å². The lowest BCUT2D eigenvalue weighted by molar-refractivity contribution is 0.0741. The average Bonchev–Trinajstić information content (AvgIpc) is 2.83. The van der Waals surface area contributed by atoms with Crippen LogP contribution in [-0.4, -0.2) is 34.1 Å². The first-order valence-corrected chi connectivity index (χ1v) is 7.18. The number of aromatic nitrogens is 2. The normalized spacial score (nSPS) is 10.6. The van der Waals surface area contributed by atoms with Crippen LogP contribution < -0.4 is 5.73 Å². The molecule has 1 aromatic heterocycles. The molecule has 0 saturated carbocycles. The van der Waals surface area contributed by atoms with Gasteiger partial charge in [-0.15, -0.1) is 0 Å². The number of rotatable bonds is 6. The number of H-pyrrole nitrogens is 1. The van der Waals surface area contributed by atoms with E-state index in [1.807, 2.05) is 49.1 Å².